The summed E-state index contributed by atoms with van der Waals surface area (Å²) in [6.07, 6.45) is 0.585. The zero-order valence-electron chi connectivity index (χ0n) is 37.0. The van der Waals surface area contributed by atoms with E-state index in [4.69, 9.17) is 23.1 Å². The Labute approximate surface area is 391 Å². The number of aromatic carboxylic acids is 1. The number of carboxylic acids is 1. The van der Waals surface area contributed by atoms with Crippen molar-refractivity contribution < 1.29 is 57.5 Å². The lowest BCUT2D eigenvalue weighted by Crippen LogP contribution is -2.09. The molecule has 3 aromatic heterocycles. The first-order valence-electron chi connectivity index (χ1n) is 21.2. The molecule has 4 N–H and O–H groups in total. The summed E-state index contributed by atoms with van der Waals surface area (Å²) in [5.41, 5.74) is 3.11. The highest BCUT2D eigenvalue weighted by Crippen LogP contribution is 2.30. The summed E-state index contributed by atoms with van der Waals surface area (Å²) >= 11 is 0. The monoisotopic (exact) mass is 930 g/mol. The predicted octanol–water partition coefficient (Wildman–Crippen LogP) is 8.93. The fourth-order valence-electron chi connectivity index (χ4n) is 7.21. The van der Waals surface area contributed by atoms with Gasteiger partial charge in [0.2, 0.25) is 0 Å². The standard InChI is InChI=1S/C19H16O5.C18H14O5.C17H12O5/c1-2-23-18(21)13-9-7-12(8-10-13)11-15-17(20)14-5-3-4-6-16(14)24-19(15)22;1-22-17(20)12-8-6-11(7-9-12)10-14-16(19)13-4-2-3-5-15(13)23-18(14)21;18-15-12-3-1-2-4-14(12)22-17(21)13(15)9-10-5-7-11(8-6-10)16(19)20/h3-10,20H,2,11H2,1H3;2-9,19H,10H2,1H3;1-8,18H,9H2,(H,19,20). The van der Waals surface area contributed by atoms with Crippen molar-refractivity contribution in [2.24, 2.45) is 0 Å². The molecule has 0 aliphatic rings. The third kappa shape index (κ3) is 11.1. The van der Waals surface area contributed by atoms with Crippen molar-refractivity contribution in [2.75, 3.05) is 13.7 Å². The molecule has 9 aromatic rings. The van der Waals surface area contributed by atoms with E-state index in [-0.39, 0.29) is 58.8 Å². The van der Waals surface area contributed by atoms with Crippen molar-refractivity contribution in [1.82, 2.24) is 0 Å². The second-order valence-electron chi connectivity index (χ2n) is 15.3. The van der Waals surface area contributed by atoms with E-state index in [9.17, 15) is 44.1 Å². The Morgan fingerprint density at radius 2 is 0.754 bits per heavy atom. The summed E-state index contributed by atoms with van der Waals surface area (Å²) < 4.78 is 25.2. The van der Waals surface area contributed by atoms with Crippen molar-refractivity contribution in [3.8, 4) is 17.2 Å². The van der Waals surface area contributed by atoms with Crippen LogP contribution in [0, 0.1) is 0 Å². The number of carbonyl (C=O) groups excluding carboxylic acids is 2. The molecule has 0 radical (unpaired) electrons. The second kappa shape index (κ2) is 21.4. The van der Waals surface area contributed by atoms with Crippen molar-refractivity contribution in [1.29, 1.82) is 0 Å². The minimum atomic E-state index is -1.01. The van der Waals surface area contributed by atoms with E-state index in [1.54, 1.807) is 140 Å². The first kappa shape index (κ1) is 47.7. The number of para-hydroxylation sites is 3. The van der Waals surface area contributed by atoms with Gasteiger partial charge in [-0.1, -0.05) is 72.8 Å². The Hall–Kier alpha value is -9.24. The fourth-order valence-corrected chi connectivity index (χ4v) is 7.21. The van der Waals surface area contributed by atoms with Crippen LogP contribution in [0.1, 0.15) is 71.4 Å². The quantitative estimate of drug-likeness (QED) is 0.0739. The van der Waals surface area contributed by atoms with Crippen LogP contribution in [0.2, 0.25) is 0 Å². The van der Waals surface area contributed by atoms with Gasteiger partial charge in [0.25, 0.3) is 0 Å². The third-order valence-corrected chi connectivity index (χ3v) is 10.8. The maximum absolute atomic E-state index is 12.1. The highest BCUT2D eigenvalue weighted by atomic mass is 16.5. The Kier molecular flexibility index (Phi) is 14.8. The molecule has 348 valence electrons. The van der Waals surface area contributed by atoms with E-state index < -0.39 is 34.8 Å². The first-order valence-corrected chi connectivity index (χ1v) is 21.2. The lowest BCUT2D eigenvalue weighted by molar-refractivity contribution is 0.0524. The van der Waals surface area contributed by atoms with E-state index in [2.05, 4.69) is 4.74 Å². The zero-order valence-corrected chi connectivity index (χ0v) is 37.0. The van der Waals surface area contributed by atoms with Gasteiger partial charge in [0.05, 0.1) is 63.3 Å². The van der Waals surface area contributed by atoms with Crippen molar-refractivity contribution >= 4 is 50.8 Å². The van der Waals surface area contributed by atoms with Gasteiger partial charge in [-0.3, -0.25) is 0 Å². The predicted molar refractivity (Wildman–Crippen MR) is 254 cm³/mol. The number of hydrogen-bond acceptors (Lipinski definition) is 14. The average Bonchev–Trinajstić information content (AvgIpc) is 3.36. The average molecular weight is 931 g/mol. The van der Waals surface area contributed by atoms with E-state index in [0.717, 1.165) is 11.1 Å². The number of aromatic hydroxyl groups is 3. The molecule has 0 unspecified atom stereocenters. The summed E-state index contributed by atoms with van der Waals surface area (Å²) in [5, 5.41) is 41.3. The van der Waals surface area contributed by atoms with Gasteiger partial charge in [-0.2, -0.15) is 0 Å². The van der Waals surface area contributed by atoms with Gasteiger partial charge in [-0.05, 0) is 96.4 Å². The molecule has 3 heterocycles. The van der Waals surface area contributed by atoms with E-state index in [1.807, 2.05) is 0 Å². The Morgan fingerprint density at radius 1 is 0.449 bits per heavy atom. The summed E-state index contributed by atoms with van der Waals surface area (Å²) in [4.78, 5) is 70.1. The van der Waals surface area contributed by atoms with Gasteiger partial charge in [0, 0.05) is 19.3 Å². The van der Waals surface area contributed by atoms with Crippen LogP contribution in [0.3, 0.4) is 0 Å². The molecule has 0 aliphatic heterocycles. The molecule has 0 atom stereocenters. The third-order valence-electron chi connectivity index (χ3n) is 10.8. The van der Waals surface area contributed by atoms with Crippen molar-refractivity contribution in [2.45, 2.75) is 26.2 Å². The number of carbonyl (C=O) groups is 3. The molecule has 0 amide bonds. The van der Waals surface area contributed by atoms with Crippen LogP contribution in [0.15, 0.2) is 173 Å². The van der Waals surface area contributed by atoms with Gasteiger partial charge < -0.3 is 43.2 Å². The molecule has 0 spiro atoms. The number of rotatable bonds is 10. The van der Waals surface area contributed by atoms with Crippen molar-refractivity contribution in [3.05, 3.63) is 227 Å². The Bertz CT molecular complexity index is 3510. The molecular formula is C54H42O15. The summed E-state index contributed by atoms with van der Waals surface area (Å²) in [6, 6.07) is 39.9. The molecule has 0 aliphatic carbocycles. The number of hydrogen-bond donors (Lipinski definition) is 4. The van der Waals surface area contributed by atoms with Gasteiger partial charge >= 0.3 is 34.8 Å². The number of esters is 2. The highest BCUT2D eigenvalue weighted by Gasteiger charge is 2.18. The molecule has 9 rings (SSSR count). The molecule has 15 nitrogen and oxygen atoms in total. The smallest absolute Gasteiger partial charge is 0.343 e. The van der Waals surface area contributed by atoms with Crippen LogP contribution in [-0.4, -0.2) is 52.1 Å². The Morgan fingerprint density at radius 3 is 1.06 bits per heavy atom. The fraction of sp³-hybridized carbons (Fsp3) is 0.111. The van der Waals surface area contributed by atoms with Crippen LogP contribution in [0.5, 0.6) is 17.2 Å². The maximum atomic E-state index is 12.1. The molecule has 0 fully saturated rings. The minimum Gasteiger partial charge on any atom is -0.507 e. The number of methoxy groups -OCH3 is 1. The van der Waals surface area contributed by atoms with E-state index in [0.29, 0.717) is 56.2 Å². The molecule has 15 heteroatoms. The van der Waals surface area contributed by atoms with Gasteiger partial charge in [-0.25, -0.2) is 28.8 Å². The number of benzene rings is 6. The second-order valence-corrected chi connectivity index (χ2v) is 15.3. The lowest BCUT2D eigenvalue weighted by Gasteiger charge is -2.07. The largest absolute Gasteiger partial charge is 0.507 e. The molecule has 69 heavy (non-hydrogen) atoms. The van der Waals surface area contributed by atoms with Crippen LogP contribution < -0.4 is 16.9 Å². The number of fused-ring (bicyclic) bond motifs is 3. The van der Waals surface area contributed by atoms with Gasteiger partial charge in [0.1, 0.15) is 34.0 Å². The van der Waals surface area contributed by atoms with E-state index >= 15 is 0 Å². The van der Waals surface area contributed by atoms with Gasteiger partial charge in [-0.15, -0.1) is 0 Å². The molecule has 0 saturated carbocycles. The first-order chi connectivity index (χ1) is 33.3. The number of carboxylic acid groups (broad SMARTS) is 1. The molecule has 0 bridgehead atoms. The zero-order chi connectivity index (χ0) is 49.2. The molecular weight excluding hydrogens is 889 g/mol. The van der Waals surface area contributed by atoms with Crippen molar-refractivity contribution in [3.63, 3.8) is 0 Å². The lowest BCUT2D eigenvalue weighted by atomic mass is 10.0. The van der Waals surface area contributed by atoms with Crippen LogP contribution in [-0.2, 0) is 28.7 Å². The van der Waals surface area contributed by atoms with E-state index in [1.165, 1.54) is 19.2 Å². The van der Waals surface area contributed by atoms with Crippen LogP contribution in [0.25, 0.3) is 32.9 Å². The minimum absolute atomic E-state index is 0.0729. The molecule has 0 saturated heterocycles. The summed E-state index contributed by atoms with van der Waals surface area (Å²) in [7, 11) is 1.31. The normalized spacial score (nSPS) is 10.7. The Balaban J connectivity index is 0.000000153. The van der Waals surface area contributed by atoms with Crippen LogP contribution in [0.4, 0.5) is 0 Å². The highest BCUT2D eigenvalue weighted by molar-refractivity contribution is 5.90. The SMILES string of the molecule is CCOC(=O)c1ccc(Cc2c(O)c3ccccc3oc2=O)cc1.COC(=O)c1ccc(Cc2c(O)c3ccccc3oc2=O)cc1.O=C(O)c1ccc(Cc2c(O)c3ccccc3oc2=O)cc1. The summed E-state index contributed by atoms with van der Waals surface area (Å²) in [5.74, 6) is -2.08. The number of ether oxygens (including phenoxy) is 2. The van der Waals surface area contributed by atoms with Gasteiger partial charge in [0.15, 0.2) is 0 Å². The topological polar surface area (TPSA) is 241 Å². The maximum Gasteiger partial charge on any atom is 0.343 e. The summed E-state index contributed by atoms with van der Waals surface area (Å²) in [6.45, 7) is 2.06. The van der Waals surface area contributed by atoms with Crippen LogP contribution >= 0.6 is 0 Å². The molecule has 6 aromatic carbocycles.